The van der Waals surface area contributed by atoms with E-state index in [0.717, 1.165) is 6.20 Å². The highest BCUT2D eigenvalue weighted by molar-refractivity contribution is 6.35. The fourth-order valence-corrected chi connectivity index (χ4v) is 2.25. The summed E-state index contributed by atoms with van der Waals surface area (Å²) in [5.41, 5.74) is 0.699. The van der Waals surface area contributed by atoms with E-state index in [-0.39, 0.29) is 5.95 Å². The first-order chi connectivity index (χ1) is 10.5. The molecule has 0 aliphatic rings. The number of amides is 1. The number of para-hydroxylation sites is 1. The van der Waals surface area contributed by atoms with Gasteiger partial charge in [-0.25, -0.2) is 18.7 Å². The molecule has 2 heterocycles. The minimum Gasteiger partial charge on any atom is -0.313 e. The molecular weight excluding hydrogens is 314 g/mol. The van der Waals surface area contributed by atoms with Crippen LogP contribution < -0.4 is 5.32 Å². The van der Waals surface area contributed by atoms with E-state index >= 15 is 0 Å². The Balaban J connectivity index is 1.98. The molecule has 112 valence electrons. The zero-order valence-corrected chi connectivity index (χ0v) is 12.0. The molecule has 0 spiro atoms. The van der Waals surface area contributed by atoms with Crippen LogP contribution in [0.3, 0.4) is 0 Å². The summed E-state index contributed by atoms with van der Waals surface area (Å²) in [4.78, 5) is 19.7. The van der Waals surface area contributed by atoms with Crippen LogP contribution in [0.25, 0.3) is 11.0 Å². The number of hydrogen-bond acceptors (Lipinski definition) is 3. The summed E-state index contributed by atoms with van der Waals surface area (Å²) in [6.45, 7) is 0. The molecule has 0 fully saturated rings. The molecule has 2 aromatic heterocycles. The number of halogens is 3. The number of aromatic nitrogens is 3. The predicted octanol–water partition coefficient (Wildman–Crippen LogP) is 3.15. The van der Waals surface area contributed by atoms with Crippen molar-refractivity contribution in [2.24, 2.45) is 7.05 Å². The first kappa shape index (κ1) is 14.4. The topological polar surface area (TPSA) is 59.8 Å². The lowest BCUT2D eigenvalue weighted by Gasteiger charge is -2.05. The van der Waals surface area contributed by atoms with Gasteiger partial charge in [0.1, 0.15) is 11.3 Å². The van der Waals surface area contributed by atoms with Crippen molar-refractivity contribution in [2.75, 3.05) is 5.32 Å². The van der Waals surface area contributed by atoms with Crippen molar-refractivity contribution in [2.45, 2.75) is 0 Å². The van der Waals surface area contributed by atoms with Crippen molar-refractivity contribution in [3.05, 3.63) is 52.8 Å². The molecule has 0 saturated heterocycles. The lowest BCUT2D eigenvalue weighted by molar-refractivity contribution is 0.101. The standard InChI is InChI=1S/C14H9ClF2N4O/c1-21-10-4-2-3-8(15)11(10)19-14(21)20-13(22)12-9(17)5-7(16)6-18-12/h2-6H,1H3,(H,19,20,22). The molecular formula is C14H9ClF2N4O. The third-order valence-corrected chi connectivity index (χ3v) is 3.42. The molecule has 0 aliphatic heterocycles. The Morgan fingerprint density at radius 3 is 2.82 bits per heavy atom. The van der Waals surface area contributed by atoms with Crippen molar-refractivity contribution >= 4 is 34.5 Å². The van der Waals surface area contributed by atoms with Gasteiger partial charge in [0.05, 0.1) is 16.7 Å². The van der Waals surface area contributed by atoms with E-state index in [9.17, 15) is 13.6 Å². The van der Waals surface area contributed by atoms with Gasteiger partial charge in [-0.05, 0) is 12.1 Å². The van der Waals surface area contributed by atoms with Crippen LogP contribution >= 0.6 is 11.6 Å². The fourth-order valence-electron chi connectivity index (χ4n) is 2.03. The fraction of sp³-hybridized carbons (Fsp3) is 0.0714. The van der Waals surface area contributed by atoms with Gasteiger partial charge in [0.2, 0.25) is 5.95 Å². The van der Waals surface area contributed by atoms with Crippen molar-refractivity contribution < 1.29 is 13.6 Å². The number of nitrogens with one attached hydrogen (secondary N) is 1. The highest BCUT2D eigenvalue weighted by Gasteiger charge is 2.18. The minimum atomic E-state index is -1.05. The second-order valence-electron chi connectivity index (χ2n) is 4.54. The molecule has 0 atom stereocenters. The Morgan fingerprint density at radius 1 is 1.36 bits per heavy atom. The van der Waals surface area contributed by atoms with Gasteiger partial charge < -0.3 is 4.57 Å². The minimum absolute atomic E-state index is 0.179. The summed E-state index contributed by atoms with van der Waals surface area (Å²) in [7, 11) is 1.68. The molecule has 8 heteroatoms. The monoisotopic (exact) mass is 322 g/mol. The largest absolute Gasteiger partial charge is 0.313 e. The average molecular weight is 323 g/mol. The van der Waals surface area contributed by atoms with Gasteiger partial charge in [0.25, 0.3) is 5.91 Å². The molecule has 3 rings (SSSR count). The second kappa shape index (κ2) is 5.34. The van der Waals surface area contributed by atoms with Crippen LogP contribution in [0.4, 0.5) is 14.7 Å². The molecule has 0 radical (unpaired) electrons. The molecule has 22 heavy (non-hydrogen) atoms. The number of hydrogen-bond donors (Lipinski definition) is 1. The molecule has 1 N–H and O–H groups in total. The van der Waals surface area contributed by atoms with E-state index in [4.69, 9.17) is 11.6 Å². The third-order valence-electron chi connectivity index (χ3n) is 3.11. The smallest absolute Gasteiger partial charge is 0.279 e. The molecule has 5 nitrogen and oxygen atoms in total. The summed E-state index contributed by atoms with van der Waals surface area (Å²) in [6.07, 6.45) is 0.768. The Labute approximate surface area is 128 Å². The van der Waals surface area contributed by atoms with Gasteiger partial charge in [-0.3, -0.25) is 10.1 Å². The maximum Gasteiger partial charge on any atom is 0.279 e. The van der Waals surface area contributed by atoms with Crippen LogP contribution in [-0.4, -0.2) is 20.4 Å². The van der Waals surface area contributed by atoms with E-state index in [1.807, 2.05) is 0 Å². The summed E-state index contributed by atoms with van der Waals surface area (Å²) < 4.78 is 28.0. The lowest BCUT2D eigenvalue weighted by Crippen LogP contribution is -2.18. The van der Waals surface area contributed by atoms with Crippen molar-refractivity contribution in [1.82, 2.24) is 14.5 Å². The molecule has 0 aliphatic carbocycles. The molecule has 3 aromatic rings. The quantitative estimate of drug-likeness (QED) is 0.788. The SMILES string of the molecule is Cn1c(NC(=O)c2ncc(F)cc2F)nc2c(Cl)cccc21. The van der Waals surface area contributed by atoms with Crippen LogP contribution in [0.1, 0.15) is 10.5 Å². The van der Waals surface area contributed by atoms with Crippen LogP contribution in [0, 0.1) is 11.6 Å². The normalized spacial score (nSPS) is 10.9. The molecule has 1 amide bonds. The molecule has 0 unspecified atom stereocenters. The summed E-state index contributed by atoms with van der Waals surface area (Å²) in [5.74, 6) is -2.55. The zero-order chi connectivity index (χ0) is 15.9. The Hall–Kier alpha value is -2.54. The first-order valence-corrected chi connectivity index (χ1v) is 6.58. The van der Waals surface area contributed by atoms with Gasteiger partial charge in [-0.15, -0.1) is 0 Å². The Kier molecular flexibility index (Phi) is 3.50. The number of carbonyl (C=O) groups is 1. The molecule has 0 saturated carbocycles. The van der Waals surface area contributed by atoms with Gasteiger partial charge in [0, 0.05) is 13.1 Å². The van der Waals surface area contributed by atoms with Gasteiger partial charge in [-0.1, -0.05) is 17.7 Å². The van der Waals surface area contributed by atoms with Crippen LogP contribution in [0.2, 0.25) is 5.02 Å². The van der Waals surface area contributed by atoms with Gasteiger partial charge in [-0.2, -0.15) is 0 Å². The summed E-state index contributed by atoms with van der Waals surface area (Å²) in [6, 6.07) is 5.79. The number of pyridine rings is 1. The van der Waals surface area contributed by atoms with E-state index < -0.39 is 23.2 Å². The maximum absolute atomic E-state index is 13.6. The van der Waals surface area contributed by atoms with Crippen molar-refractivity contribution in [3.63, 3.8) is 0 Å². The highest BCUT2D eigenvalue weighted by atomic mass is 35.5. The first-order valence-electron chi connectivity index (χ1n) is 6.20. The number of carbonyl (C=O) groups excluding carboxylic acids is 1. The number of imidazole rings is 1. The van der Waals surface area contributed by atoms with Crippen LogP contribution in [0.15, 0.2) is 30.5 Å². The Bertz CT molecular complexity index is 894. The number of benzene rings is 1. The second-order valence-corrected chi connectivity index (χ2v) is 4.95. The van der Waals surface area contributed by atoms with E-state index in [2.05, 4.69) is 15.3 Å². The van der Waals surface area contributed by atoms with Gasteiger partial charge in [0.15, 0.2) is 11.5 Å². The number of anilines is 1. The van der Waals surface area contributed by atoms with Crippen LogP contribution in [-0.2, 0) is 7.05 Å². The van der Waals surface area contributed by atoms with E-state index in [0.29, 0.717) is 22.1 Å². The third kappa shape index (κ3) is 2.39. The summed E-state index contributed by atoms with van der Waals surface area (Å²) in [5, 5.41) is 2.86. The maximum atomic E-state index is 13.6. The number of nitrogens with zero attached hydrogens (tertiary/aromatic N) is 3. The zero-order valence-electron chi connectivity index (χ0n) is 11.3. The van der Waals surface area contributed by atoms with Crippen molar-refractivity contribution in [1.29, 1.82) is 0 Å². The molecule has 0 bridgehead atoms. The van der Waals surface area contributed by atoms with Crippen LogP contribution in [0.5, 0.6) is 0 Å². The molecule has 1 aromatic carbocycles. The highest BCUT2D eigenvalue weighted by Crippen LogP contribution is 2.25. The van der Waals surface area contributed by atoms with Crippen molar-refractivity contribution in [3.8, 4) is 0 Å². The van der Waals surface area contributed by atoms with E-state index in [1.165, 1.54) is 0 Å². The summed E-state index contributed by atoms with van der Waals surface area (Å²) >= 11 is 6.04. The lowest BCUT2D eigenvalue weighted by atomic mass is 10.3. The number of fused-ring (bicyclic) bond motifs is 1. The predicted molar refractivity (Wildman–Crippen MR) is 77.8 cm³/mol. The number of aryl methyl sites for hydroxylation is 1. The Morgan fingerprint density at radius 2 is 2.14 bits per heavy atom. The number of rotatable bonds is 2. The van der Waals surface area contributed by atoms with Gasteiger partial charge >= 0.3 is 0 Å². The average Bonchev–Trinajstić information content (AvgIpc) is 2.77. The van der Waals surface area contributed by atoms with E-state index in [1.54, 1.807) is 29.8 Å².